The molecule has 0 aliphatic carbocycles. The maximum absolute atomic E-state index is 13.1. The molecule has 0 aliphatic rings. The van der Waals surface area contributed by atoms with Gasteiger partial charge in [0.15, 0.2) is 12.2 Å². The fourth-order valence-corrected chi connectivity index (χ4v) is 13.5. The molecule has 576 valence electrons. The van der Waals surface area contributed by atoms with Gasteiger partial charge in [-0.15, -0.1) is 0 Å². The molecular formula is C78H152O17P2. The number of aliphatic hydroxyl groups is 1. The number of carbonyl (C=O) groups excluding carboxylic acids is 4. The van der Waals surface area contributed by atoms with Crippen molar-refractivity contribution in [3.05, 3.63) is 0 Å². The van der Waals surface area contributed by atoms with Crippen LogP contribution in [0.25, 0.3) is 0 Å². The topological polar surface area (TPSA) is 237 Å². The first-order valence-corrected chi connectivity index (χ1v) is 43.6. The van der Waals surface area contributed by atoms with Gasteiger partial charge in [-0.2, -0.15) is 0 Å². The van der Waals surface area contributed by atoms with Gasteiger partial charge in [0.1, 0.15) is 19.3 Å². The van der Waals surface area contributed by atoms with Gasteiger partial charge < -0.3 is 33.8 Å². The molecule has 0 bridgehead atoms. The number of ether oxygens (including phenoxy) is 4. The van der Waals surface area contributed by atoms with Crippen LogP contribution in [0.15, 0.2) is 0 Å². The highest BCUT2D eigenvalue weighted by Crippen LogP contribution is 2.45. The van der Waals surface area contributed by atoms with Gasteiger partial charge in [-0.25, -0.2) is 9.13 Å². The SMILES string of the molecule is CCCCCCCCCCCCCCCCCCCCCCCC(=O)O[C@H](COC(=O)CCCCCCCCCCC(C)CC)COP(=O)(O)OC[C@@H](O)COP(=O)(O)OC[C@@H](COC(=O)CCCCCCCCCCCCCC)OC(=O)CCCCCCCCCCC(C)CC. The zero-order valence-corrected chi connectivity index (χ0v) is 65.2. The number of hydrogen-bond donors (Lipinski definition) is 3. The second kappa shape index (κ2) is 69.8. The minimum atomic E-state index is -4.96. The third-order valence-corrected chi connectivity index (χ3v) is 20.8. The molecule has 0 fully saturated rings. The molecule has 17 nitrogen and oxygen atoms in total. The van der Waals surface area contributed by atoms with Crippen molar-refractivity contribution in [3.8, 4) is 0 Å². The van der Waals surface area contributed by atoms with E-state index < -0.39 is 97.5 Å². The summed E-state index contributed by atoms with van der Waals surface area (Å²) < 4.78 is 68.6. The van der Waals surface area contributed by atoms with E-state index in [0.717, 1.165) is 102 Å². The molecule has 0 aromatic rings. The predicted octanol–water partition coefficient (Wildman–Crippen LogP) is 23.1. The maximum Gasteiger partial charge on any atom is 0.472 e. The first-order valence-electron chi connectivity index (χ1n) is 40.6. The van der Waals surface area contributed by atoms with Gasteiger partial charge in [0.25, 0.3) is 0 Å². The van der Waals surface area contributed by atoms with E-state index in [4.69, 9.17) is 37.0 Å². The summed E-state index contributed by atoms with van der Waals surface area (Å²) in [6, 6.07) is 0. The number of unbranched alkanes of at least 4 members (excludes halogenated alkanes) is 45. The monoisotopic (exact) mass is 1420 g/mol. The van der Waals surface area contributed by atoms with Crippen molar-refractivity contribution < 1.29 is 80.2 Å². The van der Waals surface area contributed by atoms with E-state index in [1.165, 1.54) is 225 Å². The van der Waals surface area contributed by atoms with Crippen LogP contribution >= 0.6 is 15.6 Å². The maximum atomic E-state index is 13.1. The smallest absolute Gasteiger partial charge is 0.462 e. The first kappa shape index (κ1) is 95.1. The van der Waals surface area contributed by atoms with Gasteiger partial charge in [-0.1, -0.05) is 356 Å². The minimum Gasteiger partial charge on any atom is -0.462 e. The van der Waals surface area contributed by atoms with Gasteiger partial charge in [0, 0.05) is 25.7 Å². The van der Waals surface area contributed by atoms with Gasteiger partial charge >= 0.3 is 39.5 Å². The second-order valence-electron chi connectivity index (χ2n) is 28.6. The van der Waals surface area contributed by atoms with Crippen LogP contribution in [-0.2, 0) is 65.4 Å². The molecular weight excluding hydrogens is 1270 g/mol. The second-order valence-corrected chi connectivity index (χ2v) is 31.5. The Labute approximate surface area is 594 Å². The van der Waals surface area contributed by atoms with Crippen molar-refractivity contribution in [2.24, 2.45) is 11.8 Å². The fraction of sp³-hybridized carbons (Fsp3) is 0.949. The lowest BCUT2D eigenvalue weighted by Gasteiger charge is -2.21. The number of phosphoric acid groups is 2. The summed E-state index contributed by atoms with van der Waals surface area (Å²) in [5.74, 6) is -0.568. The summed E-state index contributed by atoms with van der Waals surface area (Å²) in [5.41, 5.74) is 0. The van der Waals surface area contributed by atoms with E-state index in [2.05, 4.69) is 41.5 Å². The standard InChI is InChI=1S/C78H152O17P2/c1-7-11-13-15-17-19-21-23-24-25-26-27-28-29-30-31-33-35-44-50-56-62-77(82)94-73(67-89-76(81)61-55-49-43-38-36-40-46-52-58-70(5)9-3)68-92-96(84,85)90-64-72(79)65-91-97(86,87)93-69-74(95-78(83)63-57-51-45-39-37-41-47-53-59-71(6)10-4)66-88-75(80)60-54-48-42-34-32-22-20-18-16-14-12-8-2/h70-74,79H,7-69H2,1-6H3,(H,84,85)(H,86,87)/t70?,71?,72-,73-,74-/m1/s1. The van der Waals surface area contributed by atoms with E-state index in [9.17, 15) is 43.2 Å². The zero-order chi connectivity index (χ0) is 71.4. The normalized spacial score (nSPS) is 14.5. The van der Waals surface area contributed by atoms with Crippen LogP contribution in [0.1, 0.15) is 408 Å². The van der Waals surface area contributed by atoms with Crippen molar-refractivity contribution in [1.29, 1.82) is 0 Å². The van der Waals surface area contributed by atoms with Crippen LogP contribution in [0.5, 0.6) is 0 Å². The molecule has 4 unspecified atom stereocenters. The molecule has 0 amide bonds. The Morgan fingerprint density at radius 2 is 0.495 bits per heavy atom. The Morgan fingerprint density at radius 1 is 0.289 bits per heavy atom. The van der Waals surface area contributed by atoms with Crippen LogP contribution < -0.4 is 0 Å². The molecule has 97 heavy (non-hydrogen) atoms. The Balaban J connectivity index is 5.21. The van der Waals surface area contributed by atoms with Crippen molar-refractivity contribution in [2.45, 2.75) is 426 Å². The number of phosphoric ester groups is 2. The summed E-state index contributed by atoms with van der Waals surface area (Å²) in [6.07, 6.45) is 58.2. The van der Waals surface area contributed by atoms with Crippen molar-refractivity contribution in [1.82, 2.24) is 0 Å². The molecule has 0 saturated heterocycles. The number of carbonyl (C=O) groups is 4. The number of esters is 4. The molecule has 0 aliphatic heterocycles. The third-order valence-electron chi connectivity index (χ3n) is 18.9. The van der Waals surface area contributed by atoms with Gasteiger partial charge in [-0.05, 0) is 37.5 Å². The van der Waals surface area contributed by atoms with Gasteiger partial charge in [0.05, 0.1) is 26.4 Å². The summed E-state index contributed by atoms with van der Waals surface area (Å²) >= 11 is 0. The lowest BCUT2D eigenvalue weighted by atomic mass is 9.99. The largest absolute Gasteiger partial charge is 0.472 e. The highest BCUT2D eigenvalue weighted by molar-refractivity contribution is 7.47. The van der Waals surface area contributed by atoms with Crippen LogP contribution in [0.2, 0.25) is 0 Å². The van der Waals surface area contributed by atoms with Crippen LogP contribution in [0.4, 0.5) is 0 Å². The van der Waals surface area contributed by atoms with E-state index >= 15 is 0 Å². The lowest BCUT2D eigenvalue weighted by molar-refractivity contribution is -0.161. The Morgan fingerprint density at radius 3 is 0.732 bits per heavy atom. The summed E-state index contributed by atoms with van der Waals surface area (Å²) in [6.45, 7) is 9.61. The highest BCUT2D eigenvalue weighted by atomic mass is 31.2. The summed E-state index contributed by atoms with van der Waals surface area (Å²) in [5, 5.41) is 10.6. The molecule has 3 N–H and O–H groups in total. The average Bonchev–Trinajstić information content (AvgIpc) is 3.75. The molecule has 0 rings (SSSR count). The molecule has 0 radical (unpaired) electrons. The molecule has 0 aromatic carbocycles. The average molecular weight is 1420 g/mol. The van der Waals surface area contributed by atoms with Gasteiger partial charge in [-0.3, -0.25) is 37.3 Å². The van der Waals surface area contributed by atoms with Crippen molar-refractivity contribution in [3.63, 3.8) is 0 Å². The van der Waals surface area contributed by atoms with Crippen molar-refractivity contribution in [2.75, 3.05) is 39.6 Å². The van der Waals surface area contributed by atoms with Crippen molar-refractivity contribution >= 4 is 39.5 Å². The van der Waals surface area contributed by atoms with Crippen LogP contribution in [0, 0.1) is 11.8 Å². The first-order chi connectivity index (χ1) is 46.9. The third kappa shape index (κ3) is 69.5. The summed E-state index contributed by atoms with van der Waals surface area (Å²) in [4.78, 5) is 72.9. The lowest BCUT2D eigenvalue weighted by Crippen LogP contribution is -2.30. The minimum absolute atomic E-state index is 0.105. The molecule has 0 saturated carbocycles. The molecule has 7 atom stereocenters. The fourth-order valence-electron chi connectivity index (χ4n) is 11.9. The Hall–Kier alpha value is -1.94. The van der Waals surface area contributed by atoms with E-state index in [1.807, 2.05) is 0 Å². The number of hydrogen-bond acceptors (Lipinski definition) is 15. The number of aliphatic hydroxyl groups excluding tert-OH is 1. The summed E-state index contributed by atoms with van der Waals surface area (Å²) in [7, 11) is -9.91. The Bertz CT molecular complexity index is 1880. The molecule has 0 heterocycles. The van der Waals surface area contributed by atoms with E-state index in [-0.39, 0.29) is 25.7 Å². The van der Waals surface area contributed by atoms with Gasteiger partial charge in [0.2, 0.25) is 0 Å². The van der Waals surface area contributed by atoms with Crippen LogP contribution in [0.3, 0.4) is 0 Å². The highest BCUT2D eigenvalue weighted by Gasteiger charge is 2.30. The zero-order valence-electron chi connectivity index (χ0n) is 63.4. The predicted molar refractivity (Wildman–Crippen MR) is 395 cm³/mol. The van der Waals surface area contributed by atoms with E-state index in [1.54, 1.807) is 0 Å². The molecule has 19 heteroatoms. The molecule has 0 aromatic heterocycles. The Kier molecular flexibility index (Phi) is 68.4. The van der Waals surface area contributed by atoms with E-state index in [0.29, 0.717) is 25.7 Å². The van der Waals surface area contributed by atoms with Crippen LogP contribution in [-0.4, -0.2) is 96.7 Å². The quantitative estimate of drug-likeness (QED) is 0.0222. The number of rotatable bonds is 77. The molecule has 0 spiro atoms.